The Morgan fingerprint density at radius 1 is 1.50 bits per heavy atom. The SMILES string of the molecule is CC(C)(C)OC(=O)N1CCCC1CS(=O)c1ccc([N+](=O)[O-])cn1. The molecule has 1 aromatic rings. The minimum Gasteiger partial charge on any atom is -0.444 e. The first-order chi connectivity index (χ1) is 11.2. The molecule has 8 nitrogen and oxygen atoms in total. The summed E-state index contributed by atoms with van der Waals surface area (Å²) in [7, 11) is -1.44. The highest BCUT2D eigenvalue weighted by Crippen LogP contribution is 2.23. The Labute approximate surface area is 142 Å². The van der Waals surface area contributed by atoms with Crippen LogP contribution in [0.1, 0.15) is 33.6 Å². The second-order valence-corrected chi connectivity index (χ2v) is 8.04. The number of amides is 1. The Morgan fingerprint density at radius 2 is 2.21 bits per heavy atom. The van der Waals surface area contributed by atoms with Gasteiger partial charge >= 0.3 is 6.09 Å². The summed E-state index contributed by atoms with van der Waals surface area (Å²) < 4.78 is 17.8. The third-order valence-corrected chi connectivity index (χ3v) is 4.91. The van der Waals surface area contributed by atoms with Crippen molar-refractivity contribution in [2.45, 2.75) is 50.3 Å². The lowest BCUT2D eigenvalue weighted by Gasteiger charge is -2.28. The van der Waals surface area contributed by atoms with E-state index >= 15 is 0 Å². The zero-order valence-corrected chi connectivity index (χ0v) is 14.7. The molecule has 1 fully saturated rings. The van der Waals surface area contributed by atoms with Crippen molar-refractivity contribution in [2.75, 3.05) is 12.3 Å². The predicted octanol–water partition coefficient (Wildman–Crippen LogP) is 2.50. The summed E-state index contributed by atoms with van der Waals surface area (Å²) in [6.45, 7) is 5.98. The molecule has 0 bridgehead atoms. The van der Waals surface area contributed by atoms with Crippen LogP contribution in [0.25, 0.3) is 0 Å². The number of rotatable bonds is 4. The minimum atomic E-state index is -1.44. The molecule has 0 aliphatic carbocycles. The molecule has 1 amide bonds. The van der Waals surface area contributed by atoms with Crippen LogP contribution in [-0.2, 0) is 15.5 Å². The molecule has 1 aliphatic rings. The molecular weight excluding hydrogens is 334 g/mol. The quantitative estimate of drug-likeness (QED) is 0.607. The molecule has 1 saturated heterocycles. The maximum Gasteiger partial charge on any atom is 0.410 e. The first-order valence-corrected chi connectivity index (χ1v) is 8.98. The van der Waals surface area contributed by atoms with E-state index in [1.807, 2.05) is 0 Å². The van der Waals surface area contributed by atoms with Crippen LogP contribution in [0, 0.1) is 10.1 Å². The van der Waals surface area contributed by atoms with Crippen LogP contribution < -0.4 is 0 Å². The molecule has 132 valence electrons. The Kier molecular flexibility index (Phi) is 5.53. The van der Waals surface area contributed by atoms with Crippen molar-refractivity contribution in [3.05, 3.63) is 28.4 Å². The number of ether oxygens (including phenoxy) is 1. The van der Waals surface area contributed by atoms with Crippen molar-refractivity contribution in [3.8, 4) is 0 Å². The Balaban J connectivity index is 2.02. The van der Waals surface area contributed by atoms with Gasteiger partial charge in [-0.3, -0.25) is 14.3 Å². The summed E-state index contributed by atoms with van der Waals surface area (Å²) in [4.78, 5) is 27.8. The maximum absolute atomic E-state index is 12.4. The molecular formula is C15H21N3O5S. The smallest absolute Gasteiger partial charge is 0.410 e. The van der Waals surface area contributed by atoms with Crippen LogP contribution in [0.4, 0.5) is 10.5 Å². The van der Waals surface area contributed by atoms with Gasteiger partial charge in [0.2, 0.25) is 0 Å². The standard InChI is InChI=1S/C15H21N3O5S/c1-15(2,3)23-14(19)17-8-4-5-12(17)10-24(22)13-7-6-11(9-16-13)18(20)21/h6-7,9,12H,4-5,8,10H2,1-3H3. The van der Waals surface area contributed by atoms with E-state index in [-0.39, 0.29) is 22.5 Å². The molecule has 0 spiro atoms. The topological polar surface area (TPSA) is 103 Å². The summed E-state index contributed by atoms with van der Waals surface area (Å²) in [5.41, 5.74) is -0.726. The minimum absolute atomic E-state index is 0.146. The average Bonchev–Trinajstić information content (AvgIpc) is 2.93. The first kappa shape index (κ1) is 18.3. The molecule has 0 saturated carbocycles. The van der Waals surface area contributed by atoms with E-state index in [2.05, 4.69) is 4.98 Å². The molecule has 1 aliphatic heterocycles. The van der Waals surface area contributed by atoms with Gasteiger partial charge in [-0.1, -0.05) is 0 Å². The number of aromatic nitrogens is 1. The molecule has 0 radical (unpaired) electrons. The van der Waals surface area contributed by atoms with E-state index in [1.165, 1.54) is 12.1 Å². The average molecular weight is 355 g/mol. The number of hydrogen-bond acceptors (Lipinski definition) is 6. The zero-order chi connectivity index (χ0) is 17.9. The van der Waals surface area contributed by atoms with E-state index in [1.54, 1.807) is 25.7 Å². The van der Waals surface area contributed by atoms with Crippen molar-refractivity contribution in [1.82, 2.24) is 9.88 Å². The Bertz CT molecular complexity index is 642. The highest BCUT2D eigenvalue weighted by molar-refractivity contribution is 7.85. The monoisotopic (exact) mass is 355 g/mol. The number of pyridine rings is 1. The van der Waals surface area contributed by atoms with Gasteiger partial charge in [-0.2, -0.15) is 0 Å². The fourth-order valence-electron chi connectivity index (χ4n) is 2.45. The van der Waals surface area contributed by atoms with Gasteiger partial charge in [0.25, 0.3) is 5.69 Å². The molecule has 0 N–H and O–H groups in total. The fourth-order valence-corrected chi connectivity index (χ4v) is 3.70. The first-order valence-electron chi connectivity index (χ1n) is 7.66. The second-order valence-electron chi connectivity index (χ2n) is 6.59. The fraction of sp³-hybridized carbons (Fsp3) is 0.600. The third kappa shape index (κ3) is 4.73. The zero-order valence-electron chi connectivity index (χ0n) is 13.9. The largest absolute Gasteiger partial charge is 0.444 e. The summed E-state index contributed by atoms with van der Waals surface area (Å²) in [5, 5.41) is 10.9. The molecule has 2 unspecified atom stereocenters. The van der Waals surface area contributed by atoms with Gasteiger partial charge in [0.05, 0.1) is 21.5 Å². The van der Waals surface area contributed by atoms with Gasteiger partial charge in [0.1, 0.15) is 16.8 Å². The summed E-state index contributed by atoms with van der Waals surface area (Å²) in [6.07, 6.45) is 2.26. The number of nitro groups is 1. The summed E-state index contributed by atoms with van der Waals surface area (Å²) in [5.74, 6) is 0.240. The number of likely N-dealkylation sites (tertiary alicyclic amines) is 1. The van der Waals surface area contributed by atoms with Crippen LogP contribution in [0.3, 0.4) is 0 Å². The van der Waals surface area contributed by atoms with E-state index in [0.29, 0.717) is 6.54 Å². The summed E-state index contributed by atoms with van der Waals surface area (Å²) in [6, 6.07) is 2.49. The third-order valence-electron chi connectivity index (χ3n) is 3.51. The van der Waals surface area contributed by atoms with Crippen LogP contribution in [0.5, 0.6) is 0 Å². The van der Waals surface area contributed by atoms with Gasteiger partial charge in [-0.15, -0.1) is 0 Å². The Morgan fingerprint density at radius 3 is 2.75 bits per heavy atom. The molecule has 9 heteroatoms. The normalized spacial score (nSPS) is 19.1. The molecule has 0 aromatic carbocycles. The number of carbonyl (C=O) groups excluding carboxylic acids is 1. The van der Waals surface area contributed by atoms with Crippen LogP contribution in [0.2, 0.25) is 0 Å². The molecule has 1 aromatic heterocycles. The van der Waals surface area contributed by atoms with Crippen molar-refractivity contribution >= 4 is 22.6 Å². The van der Waals surface area contributed by atoms with Gasteiger partial charge in [0, 0.05) is 18.7 Å². The molecule has 2 rings (SSSR count). The predicted molar refractivity (Wildman–Crippen MR) is 88.1 cm³/mol. The van der Waals surface area contributed by atoms with Crippen LogP contribution in [-0.4, -0.2) is 49.0 Å². The highest BCUT2D eigenvalue weighted by Gasteiger charge is 2.33. The van der Waals surface area contributed by atoms with E-state index < -0.39 is 27.4 Å². The van der Waals surface area contributed by atoms with Gasteiger partial charge < -0.3 is 9.64 Å². The lowest BCUT2D eigenvalue weighted by Crippen LogP contribution is -2.42. The molecule has 24 heavy (non-hydrogen) atoms. The molecule has 2 atom stereocenters. The van der Waals surface area contributed by atoms with E-state index in [9.17, 15) is 19.1 Å². The maximum atomic E-state index is 12.4. The number of carbonyl (C=O) groups is 1. The van der Waals surface area contributed by atoms with Crippen molar-refractivity contribution in [1.29, 1.82) is 0 Å². The van der Waals surface area contributed by atoms with Crippen LogP contribution >= 0.6 is 0 Å². The summed E-state index contributed by atoms with van der Waals surface area (Å²) >= 11 is 0. The number of nitrogens with zero attached hydrogens (tertiary/aromatic N) is 3. The van der Waals surface area contributed by atoms with Crippen molar-refractivity contribution in [3.63, 3.8) is 0 Å². The van der Waals surface area contributed by atoms with Gasteiger partial charge in [-0.05, 0) is 39.7 Å². The van der Waals surface area contributed by atoms with E-state index in [0.717, 1.165) is 19.0 Å². The molecule has 2 heterocycles. The Hall–Kier alpha value is -2.03. The van der Waals surface area contributed by atoms with Gasteiger partial charge in [0.15, 0.2) is 0 Å². The van der Waals surface area contributed by atoms with Crippen molar-refractivity contribution < 1.29 is 18.7 Å². The second kappa shape index (κ2) is 7.25. The lowest BCUT2D eigenvalue weighted by molar-refractivity contribution is -0.385. The van der Waals surface area contributed by atoms with Crippen LogP contribution in [0.15, 0.2) is 23.4 Å². The number of hydrogen-bond donors (Lipinski definition) is 0. The van der Waals surface area contributed by atoms with Crippen molar-refractivity contribution in [2.24, 2.45) is 0 Å². The van der Waals surface area contributed by atoms with Gasteiger partial charge in [-0.25, -0.2) is 9.78 Å². The lowest BCUT2D eigenvalue weighted by atomic mass is 10.2. The van der Waals surface area contributed by atoms with E-state index in [4.69, 9.17) is 4.74 Å². The highest BCUT2D eigenvalue weighted by atomic mass is 32.2.